The van der Waals surface area contributed by atoms with E-state index in [-0.39, 0.29) is 6.03 Å². The van der Waals surface area contributed by atoms with E-state index in [1.807, 2.05) is 12.1 Å². The first kappa shape index (κ1) is 17.5. The Morgan fingerprint density at radius 1 is 1.20 bits per heavy atom. The number of urea groups is 1. The molecule has 0 saturated carbocycles. The fraction of sp³-hybridized carbons (Fsp3) is 0.133. The molecule has 0 aliphatic rings. The van der Waals surface area contributed by atoms with E-state index in [4.69, 9.17) is 0 Å². The number of amides is 2. The third-order valence-electron chi connectivity index (χ3n) is 3.23. The van der Waals surface area contributed by atoms with E-state index in [1.165, 1.54) is 11.0 Å². The zero-order valence-corrected chi connectivity index (χ0v) is 16.2. The van der Waals surface area contributed by atoms with Crippen LogP contribution in [-0.4, -0.2) is 30.8 Å². The minimum absolute atomic E-state index is 0.362. The van der Waals surface area contributed by atoms with Gasteiger partial charge in [-0.25, -0.2) is 19.7 Å². The Bertz CT molecular complexity index is 885. The van der Waals surface area contributed by atoms with Gasteiger partial charge < -0.3 is 10.6 Å². The number of benzene rings is 1. The van der Waals surface area contributed by atoms with Crippen molar-refractivity contribution in [2.45, 2.75) is 13.0 Å². The van der Waals surface area contributed by atoms with Gasteiger partial charge in [-0.1, -0.05) is 15.9 Å². The Morgan fingerprint density at radius 3 is 2.68 bits per heavy atom. The molecular weight excluding hydrogens is 454 g/mol. The summed E-state index contributed by atoms with van der Waals surface area (Å²) in [5.41, 5.74) is 0.653. The van der Waals surface area contributed by atoms with Gasteiger partial charge in [0.15, 0.2) is 5.82 Å². The van der Waals surface area contributed by atoms with E-state index in [0.717, 1.165) is 8.95 Å². The van der Waals surface area contributed by atoms with Crippen LogP contribution in [0.5, 0.6) is 0 Å². The summed E-state index contributed by atoms with van der Waals surface area (Å²) in [6.07, 6.45) is 4.63. The van der Waals surface area contributed by atoms with Crippen LogP contribution in [0.25, 0.3) is 5.95 Å². The van der Waals surface area contributed by atoms with Gasteiger partial charge in [-0.3, -0.25) is 0 Å². The molecule has 0 aliphatic carbocycles. The second kappa shape index (κ2) is 7.70. The maximum Gasteiger partial charge on any atom is 0.319 e. The van der Waals surface area contributed by atoms with Crippen LogP contribution in [0.4, 0.5) is 10.5 Å². The van der Waals surface area contributed by atoms with Gasteiger partial charge in [0.2, 0.25) is 0 Å². The molecule has 3 aromatic rings. The van der Waals surface area contributed by atoms with E-state index < -0.39 is 6.04 Å². The van der Waals surface area contributed by atoms with Crippen LogP contribution < -0.4 is 10.6 Å². The van der Waals surface area contributed by atoms with E-state index in [0.29, 0.717) is 17.5 Å². The molecule has 0 saturated heterocycles. The van der Waals surface area contributed by atoms with Crippen LogP contribution in [0.1, 0.15) is 18.8 Å². The van der Waals surface area contributed by atoms with Crippen LogP contribution in [0.2, 0.25) is 0 Å². The number of anilines is 1. The molecule has 2 N–H and O–H groups in total. The summed E-state index contributed by atoms with van der Waals surface area (Å²) in [4.78, 5) is 24.7. The first-order chi connectivity index (χ1) is 12.0. The standard InChI is InChI=1S/C15H13Br2N7O/c1-9(13-20-8-21-24(13)14-18-5-2-6-19-14)22-15(25)23-12-4-3-10(16)7-11(12)17/h2-9H,1H3,(H2,22,23,25). The van der Waals surface area contributed by atoms with Gasteiger partial charge in [0, 0.05) is 21.3 Å². The number of nitrogens with zero attached hydrogens (tertiary/aromatic N) is 5. The molecule has 0 radical (unpaired) electrons. The lowest BCUT2D eigenvalue weighted by atomic mass is 10.3. The Kier molecular flexibility index (Phi) is 5.39. The van der Waals surface area contributed by atoms with E-state index >= 15 is 0 Å². The van der Waals surface area contributed by atoms with Gasteiger partial charge in [0.25, 0.3) is 5.95 Å². The number of rotatable bonds is 4. The van der Waals surface area contributed by atoms with Crippen LogP contribution >= 0.6 is 31.9 Å². The minimum Gasteiger partial charge on any atom is -0.328 e. The predicted molar refractivity (Wildman–Crippen MR) is 99.4 cm³/mol. The van der Waals surface area contributed by atoms with Gasteiger partial charge in [0.05, 0.1) is 11.7 Å². The molecular formula is C15H13Br2N7O. The third kappa shape index (κ3) is 4.20. The molecule has 25 heavy (non-hydrogen) atoms. The number of nitrogens with one attached hydrogen (secondary N) is 2. The molecule has 0 aliphatic heterocycles. The second-order valence-electron chi connectivity index (χ2n) is 5.02. The first-order valence-corrected chi connectivity index (χ1v) is 8.83. The molecule has 1 aromatic carbocycles. The number of hydrogen-bond donors (Lipinski definition) is 2. The first-order valence-electron chi connectivity index (χ1n) is 7.24. The van der Waals surface area contributed by atoms with Crippen molar-refractivity contribution in [1.82, 2.24) is 30.0 Å². The molecule has 1 unspecified atom stereocenters. The largest absolute Gasteiger partial charge is 0.328 e. The minimum atomic E-state index is -0.402. The molecule has 0 fully saturated rings. The molecule has 3 rings (SSSR count). The summed E-state index contributed by atoms with van der Waals surface area (Å²) in [6, 6.07) is 6.43. The molecule has 0 spiro atoms. The van der Waals surface area contributed by atoms with Crippen molar-refractivity contribution in [2.75, 3.05) is 5.32 Å². The molecule has 128 valence electrons. The smallest absolute Gasteiger partial charge is 0.319 e. The Labute approximate surface area is 160 Å². The Hall–Kier alpha value is -2.33. The second-order valence-corrected chi connectivity index (χ2v) is 6.79. The molecule has 8 nitrogen and oxygen atoms in total. The molecule has 10 heteroatoms. The van der Waals surface area contributed by atoms with Gasteiger partial charge in [-0.15, -0.1) is 0 Å². The van der Waals surface area contributed by atoms with Crippen molar-refractivity contribution in [2.24, 2.45) is 0 Å². The van der Waals surface area contributed by atoms with Crippen molar-refractivity contribution in [3.63, 3.8) is 0 Å². The number of halogens is 2. The highest BCUT2D eigenvalue weighted by Crippen LogP contribution is 2.26. The number of aromatic nitrogens is 5. The lowest BCUT2D eigenvalue weighted by Crippen LogP contribution is -2.32. The zero-order valence-electron chi connectivity index (χ0n) is 13.0. The highest BCUT2D eigenvalue weighted by atomic mass is 79.9. The topological polar surface area (TPSA) is 97.6 Å². The summed E-state index contributed by atoms with van der Waals surface area (Å²) < 4.78 is 3.17. The lowest BCUT2D eigenvalue weighted by Gasteiger charge is -2.15. The molecule has 0 bridgehead atoms. The quantitative estimate of drug-likeness (QED) is 0.613. The van der Waals surface area contributed by atoms with Crippen LogP contribution in [0.15, 0.2) is 51.9 Å². The van der Waals surface area contributed by atoms with Crippen molar-refractivity contribution in [3.8, 4) is 5.95 Å². The molecule has 2 amide bonds. The number of carbonyl (C=O) groups excluding carboxylic acids is 1. The maximum atomic E-state index is 12.3. The zero-order chi connectivity index (χ0) is 17.8. The fourth-order valence-electron chi connectivity index (χ4n) is 2.11. The van der Waals surface area contributed by atoms with E-state index in [9.17, 15) is 4.79 Å². The summed E-state index contributed by atoms with van der Waals surface area (Å²) in [7, 11) is 0. The molecule has 2 heterocycles. The van der Waals surface area contributed by atoms with Gasteiger partial charge in [-0.2, -0.15) is 9.78 Å². The summed E-state index contributed by atoms with van der Waals surface area (Å²) in [5, 5.41) is 9.72. The molecule has 2 aromatic heterocycles. The number of hydrogen-bond acceptors (Lipinski definition) is 5. The van der Waals surface area contributed by atoms with Crippen LogP contribution in [0.3, 0.4) is 0 Å². The predicted octanol–water partition coefficient (Wildman–Crippen LogP) is 3.47. The van der Waals surface area contributed by atoms with Gasteiger partial charge in [0.1, 0.15) is 6.33 Å². The highest BCUT2D eigenvalue weighted by molar-refractivity contribution is 9.11. The highest BCUT2D eigenvalue weighted by Gasteiger charge is 2.18. The average Bonchev–Trinajstić information content (AvgIpc) is 3.08. The maximum absolute atomic E-state index is 12.3. The average molecular weight is 467 g/mol. The van der Waals surface area contributed by atoms with Crippen molar-refractivity contribution >= 4 is 43.6 Å². The van der Waals surface area contributed by atoms with Crippen LogP contribution in [-0.2, 0) is 0 Å². The molecule has 1 atom stereocenters. The Balaban J connectivity index is 1.71. The Morgan fingerprint density at radius 2 is 1.96 bits per heavy atom. The number of carbonyl (C=O) groups is 1. The van der Waals surface area contributed by atoms with Gasteiger partial charge in [-0.05, 0) is 47.1 Å². The summed E-state index contributed by atoms with van der Waals surface area (Å²) in [5.74, 6) is 0.913. The SMILES string of the molecule is CC(NC(=O)Nc1ccc(Br)cc1Br)c1ncnn1-c1ncccn1. The third-order valence-corrected chi connectivity index (χ3v) is 4.38. The normalized spacial score (nSPS) is 11.8. The fourth-order valence-corrected chi connectivity index (χ4v) is 3.26. The van der Waals surface area contributed by atoms with Crippen molar-refractivity contribution in [3.05, 3.63) is 57.8 Å². The summed E-state index contributed by atoms with van der Waals surface area (Å²) in [6.45, 7) is 1.81. The summed E-state index contributed by atoms with van der Waals surface area (Å²) >= 11 is 6.78. The van der Waals surface area contributed by atoms with E-state index in [1.54, 1.807) is 31.5 Å². The van der Waals surface area contributed by atoms with E-state index in [2.05, 4.69) is 62.5 Å². The van der Waals surface area contributed by atoms with Crippen molar-refractivity contribution in [1.29, 1.82) is 0 Å². The monoisotopic (exact) mass is 465 g/mol. The van der Waals surface area contributed by atoms with Crippen LogP contribution in [0, 0.1) is 0 Å². The van der Waals surface area contributed by atoms with Gasteiger partial charge >= 0.3 is 6.03 Å². The van der Waals surface area contributed by atoms with Crippen molar-refractivity contribution < 1.29 is 4.79 Å². The lowest BCUT2D eigenvalue weighted by molar-refractivity contribution is 0.248.